The Hall–Kier alpha value is -0.880. The smallest absolute Gasteiger partial charge is 0.275 e. The lowest BCUT2D eigenvalue weighted by Crippen LogP contribution is -2.57. The van der Waals surface area contributed by atoms with E-state index in [4.69, 9.17) is 0 Å². The molecule has 1 saturated heterocycles. The number of rotatable bonds is 2. The summed E-state index contributed by atoms with van der Waals surface area (Å²) < 4.78 is 0.797. The summed E-state index contributed by atoms with van der Waals surface area (Å²) in [6.07, 6.45) is 0. The Labute approximate surface area is 122 Å². The Morgan fingerprint density at radius 2 is 2.16 bits per heavy atom. The molecule has 1 aliphatic heterocycles. The van der Waals surface area contributed by atoms with Crippen molar-refractivity contribution in [3.63, 3.8) is 0 Å². The van der Waals surface area contributed by atoms with Crippen molar-refractivity contribution in [2.24, 2.45) is 0 Å². The third-order valence-corrected chi connectivity index (χ3v) is 4.61. The minimum Gasteiger partial charge on any atom is -0.332 e. The van der Waals surface area contributed by atoms with E-state index >= 15 is 0 Å². The van der Waals surface area contributed by atoms with Gasteiger partial charge in [-0.05, 0) is 35.7 Å². The molecule has 6 heteroatoms. The maximum atomic E-state index is 12.6. The molecule has 19 heavy (non-hydrogen) atoms. The van der Waals surface area contributed by atoms with Crippen LogP contribution in [0.2, 0.25) is 0 Å². The van der Waals surface area contributed by atoms with Gasteiger partial charge in [0.15, 0.2) is 5.69 Å². The van der Waals surface area contributed by atoms with Crippen molar-refractivity contribution in [3.8, 4) is 0 Å². The van der Waals surface area contributed by atoms with Gasteiger partial charge in [0.25, 0.3) is 5.91 Å². The minimum atomic E-state index is -0.00382. The first kappa shape index (κ1) is 14.5. The van der Waals surface area contributed by atoms with E-state index in [9.17, 15) is 4.79 Å². The Bertz CT molecular complexity index is 471. The summed E-state index contributed by atoms with van der Waals surface area (Å²) in [4.78, 5) is 14.5. The van der Waals surface area contributed by atoms with Crippen molar-refractivity contribution in [1.29, 1.82) is 0 Å². The van der Waals surface area contributed by atoms with Crippen LogP contribution in [0.4, 0.5) is 0 Å². The summed E-state index contributed by atoms with van der Waals surface area (Å²) in [7, 11) is 0. The van der Waals surface area contributed by atoms with Crippen molar-refractivity contribution < 1.29 is 4.79 Å². The Balaban J connectivity index is 2.24. The van der Waals surface area contributed by atoms with Crippen LogP contribution in [0.3, 0.4) is 0 Å². The van der Waals surface area contributed by atoms with Crippen LogP contribution in [-0.2, 0) is 0 Å². The van der Waals surface area contributed by atoms with Crippen LogP contribution in [0.25, 0.3) is 0 Å². The third kappa shape index (κ3) is 2.69. The maximum Gasteiger partial charge on any atom is 0.275 e. The fourth-order valence-electron chi connectivity index (χ4n) is 2.35. The highest BCUT2D eigenvalue weighted by Gasteiger charge is 2.31. The van der Waals surface area contributed by atoms with Gasteiger partial charge in [0, 0.05) is 25.2 Å². The van der Waals surface area contributed by atoms with E-state index in [0.29, 0.717) is 17.7 Å². The second-order valence-electron chi connectivity index (χ2n) is 5.44. The van der Waals surface area contributed by atoms with E-state index in [2.05, 4.69) is 59.1 Å². The standard InChI is InChI=1S/C13H21BrN4O/c1-7(2)11-10(14)12(17-16-11)13(19)18-6-5-15-8(3)9(18)4/h7-9,15H,5-6H2,1-4H3,(H,16,17). The van der Waals surface area contributed by atoms with E-state index in [1.165, 1.54) is 0 Å². The number of aromatic amines is 1. The summed E-state index contributed by atoms with van der Waals surface area (Å²) in [5, 5.41) is 10.5. The number of halogens is 1. The van der Waals surface area contributed by atoms with E-state index in [1.807, 2.05) is 4.90 Å². The monoisotopic (exact) mass is 328 g/mol. The second-order valence-corrected chi connectivity index (χ2v) is 6.23. The van der Waals surface area contributed by atoms with Gasteiger partial charge in [-0.25, -0.2) is 0 Å². The molecule has 1 aromatic heterocycles. The lowest BCUT2D eigenvalue weighted by Gasteiger charge is -2.38. The highest BCUT2D eigenvalue weighted by molar-refractivity contribution is 9.10. The first-order valence-corrected chi connectivity index (χ1v) is 7.50. The number of nitrogens with one attached hydrogen (secondary N) is 2. The maximum absolute atomic E-state index is 12.6. The predicted molar refractivity (Wildman–Crippen MR) is 78.3 cm³/mol. The zero-order valence-electron chi connectivity index (χ0n) is 11.8. The lowest BCUT2D eigenvalue weighted by molar-refractivity contribution is 0.0596. The van der Waals surface area contributed by atoms with Crippen molar-refractivity contribution in [3.05, 3.63) is 15.9 Å². The van der Waals surface area contributed by atoms with E-state index in [0.717, 1.165) is 23.3 Å². The number of hydrogen-bond donors (Lipinski definition) is 2. The molecule has 0 saturated carbocycles. The van der Waals surface area contributed by atoms with Gasteiger partial charge < -0.3 is 10.2 Å². The number of nitrogens with zero attached hydrogens (tertiary/aromatic N) is 2. The summed E-state index contributed by atoms with van der Waals surface area (Å²) in [6, 6.07) is 0.479. The molecule has 0 radical (unpaired) electrons. The molecular weight excluding hydrogens is 308 g/mol. The van der Waals surface area contributed by atoms with Crippen molar-refractivity contribution >= 4 is 21.8 Å². The summed E-state index contributed by atoms with van der Waals surface area (Å²) in [5.74, 6) is 0.304. The van der Waals surface area contributed by atoms with Gasteiger partial charge in [0.05, 0.1) is 10.2 Å². The van der Waals surface area contributed by atoms with Crippen molar-refractivity contribution in [2.45, 2.75) is 45.7 Å². The molecule has 0 spiro atoms. The number of carbonyl (C=O) groups excluding carboxylic acids is 1. The number of carbonyl (C=O) groups is 1. The molecule has 2 unspecified atom stereocenters. The van der Waals surface area contributed by atoms with E-state index in [-0.39, 0.29) is 11.9 Å². The second kappa shape index (κ2) is 5.63. The van der Waals surface area contributed by atoms with Crippen LogP contribution in [0.15, 0.2) is 4.47 Å². The average molecular weight is 329 g/mol. The van der Waals surface area contributed by atoms with Gasteiger partial charge in [-0.2, -0.15) is 5.10 Å². The predicted octanol–water partition coefficient (Wildman–Crippen LogP) is 2.12. The summed E-state index contributed by atoms with van der Waals surface area (Å²) in [5.41, 5.74) is 1.46. The molecule has 0 bridgehead atoms. The molecule has 106 valence electrons. The van der Waals surface area contributed by atoms with Crippen LogP contribution in [-0.4, -0.2) is 46.2 Å². The van der Waals surface area contributed by atoms with E-state index in [1.54, 1.807) is 0 Å². The molecule has 0 aliphatic carbocycles. The molecule has 2 rings (SSSR count). The van der Waals surface area contributed by atoms with E-state index < -0.39 is 0 Å². The lowest BCUT2D eigenvalue weighted by atomic mass is 10.1. The molecule has 0 aromatic carbocycles. The van der Waals surface area contributed by atoms with Gasteiger partial charge in [0.1, 0.15) is 0 Å². The zero-order valence-corrected chi connectivity index (χ0v) is 13.4. The summed E-state index contributed by atoms with van der Waals surface area (Å²) in [6.45, 7) is 9.86. The highest BCUT2D eigenvalue weighted by atomic mass is 79.9. The molecule has 1 aliphatic rings. The molecule has 2 N–H and O–H groups in total. The van der Waals surface area contributed by atoms with Crippen LogP contribution in [0.1, 0.15) is 49.8 Å². The molecule has 2 heterocycles. The van der Waals surface area contributed by atoms with Crippen LogP contribution in [0, 0.1) is 0 Å². The number of hydrogen-bond acceptors (Lipinski definition) is 3. The molecular formula is C13H21BrN4O. The normalized spacial score (nSPS) is 24.0. The van der Waals surface area contributed by atoms with Gasteiger partial charge in [-0.1, -0.05) is 13.8 Å². The average Bonchev–Trinajstić information content (AvgIpc) is 2.74. The Morgan fingerprint density at radius 1 is 1.47 bits per heavy atom. The van der Waals surface area contributed by atoms with Crippen LogP contribution in [0.5, 0.6) is 0 Å². The quantitative estimate of drug-likeness (QED) is 0.874. The van der Waals surface area contributed by atoms with Crippen molar-refractivity contribution in [1.82, 2.24) is 20.4 Å². The molecule has 1 fully saturated rings. The Kier molecular flexibility index (Phi) is 4.30. The number of H-pyrrole nitrogens is 1. The SMILES string of the molecule is CC(C)c1[nH]nc(C(=O)N2CCNC(C)C2C)c1Br. The minimum absolute atomic E-state index is 0.00382. The number of piperazine rings is 1. The van der Waals surface area contributed by atoms with Gasteiger partial charge in [0.2, 0.25) is 0 Å². The van der Waals surface area contributed by atoms with Gasteiger partial charge in [-0.3, -0.25) is 9.89 Å². The highest BCUT2D eigenvalue weighted by Crippen LogP contribution is 2.27. The largest absolute Gasteiger partial charge is 0.332 e. The van der Waals surface area contributed by atoms with Gasteiger partial charge >= 0.3 is 0 Å². The Morgan fingerprint density at radius 3 is 2.74 bits per heavy atom. The van der Waals surface area contributed by atoms with Gasteiger partial charge in [-0.15, -0.1) is 0 Å². The van der Waals surface area contributed by atoms with Crippen LogP contribution < -0.4 is 5.32 Å². The summed E-state index contributed by atoms with van der Waals surface area (Å²) >= 11 is 3.50. The molecule has 5 nitrogen and oxygen atoms in total. The first-order valence-electron chi connectivity index (χ1n) is 6.71. The fraction of sp³-hybridized carbons (Fsp3) is 0.692. The fourth-order valence-corrected chi connectivity index (χ4v) is 3.15. The number of aromatic nitrogens is 2. The third-order valence-electron chi connectivity index (χ3n) is 3.81. The molecule has 1 amide bonds. The first-order chi connectivity index (χ1) is 8.93. The molecule has 2 atom stereocenters. The molecule has 1 aromatic rings. The van der Waals surface area contributed by atoms with Crippen molar-refractivity contribution in [2.75, 3.05) is 13.1 Å². The zero-order chi connectivity index (χ0) is 14.2. The van der Waals surface area contributed by atoms with Crippen LogP contribution >= 0.6 is 15.9 Å². The number of amides is 1. The topological polar surface area (TPSA) is 61.0 Å².